The summed E-state index contributed by atoms with van der Waals surface area (Å²) < 4.78 is 18.4. The maximum absolute atomic E-state index is 12.8. The van der Waals surface area contributed by atoms with Crippen molar-refractivity contribution < 1.29 is 18.7 Å². The van der Waals surface area contributed by atoms with E-state index in [1.807, 2.05) is 0 Å². The van der Waals surface area contributed by atoms with Crippen LogP contribution in [0.5, 0.6) is 5.75 Å². The topological polar surface area (TPSA) is 67.4 Å². The zero-order valence-corrected chi connectivity index (χ0v) is 13.1. The van der Waals surface area contributed by atoms with Gasteiger partial charge in [-0.15, -0.1) is 0 Å². The average Bonchev–Trinajstić information content (AvgIpc) is 2.53. The summed E-state index contributed by atoms with van der Waals surface area (Å²) in [5.74, 6) is -0.993. The molecule has 2 rings (SSSR count). The highest BCUT2D eigenvalue weighted by Crippen LogP contribution is 2.22. The molecule has 0 spiro atoms. The largest absolute Gasteiger partial charge is 0.497 e. The number of rotatable bonds is 3. The third-order valence-electron chi connectivity index (χ3n) is 2.81. The maximum Gasteiger partial charge on any atom is 0.270 e. The Balaban J connectivity index is 2.03. The van der Waals surface area contributed by atoms with E-state index in [1.54, 1.807) is 12.1 Å². The molecule has 0 heterocycles. The van der Waals surface area contributed by atoms with E-state index < -0.39 is 17.6 Å². The molecular formula is C15H12BrFN2O3. The van der Waals surface area contributed by atoms with Gasteiger partial charge in [0.15, 0.2) is 0 Å². The van der Waals surface area contributed by atoms with E-state index in [0.717, 1.165) is 12.1 Å². The van der Waals surface area contributed by atoms with E-state index >= 15 is 0 Å². The second kappa shape index (κ2) is 7.04. The second-order valence-corrected chi connectivity index (χ2v) is 5.12. The summed E-state index contributed by atoms with van der Waals surface area (Å²) in [4.78, 5) is 23.9. The van der Waals surface area contributed by atoms with Crippen LogP contribution >= 0.6 is 15.9 Å². The van der Waals surface area contributed by atoms with Crippen LogP contribution in [0.15, 0.2) is 46.9 Å². The summed E-state index contributed by atoms with van der Waals surface area (Å²) in [6, 6.07) is 9.85. The molecule has 0 bridgehead atoms. The van der Waals surface area contributed by atoms with Crippen LogP contribution in [-0.2, 0) is 0 Å². The van der Waals surface area contributed by atoms with Gasteiger partial charge in [0.2, 0.25) is 0 Å². The summed E-state index contributed by atoms with van der Waals surface area (Å²) in [6.07, 6.45) is 0. The molecule has 5 nitrogen and oxygen atoms in total. The number of hydrazine groups is 1. The van der Waals surface area contributed by atoms with Crippen LogP contribution in [0.4, 0.5) is 4.39 Å². The molecule has 0 saturated heterocycles. The molecule has 0 atom stereocenters. The zero-order valence-electron chi connectivity index (χ0n) is 11.5. The number of ether oxygens (including phenoxy) is 1. The van der Waals surface area contributed by atoms with E-state index in [2.05, 4.69) is 26.8 Å². The fourth-order valence-corrected chi connectivity index (χ4v) is 2.09. The Kier molecular flexibility index (Phi) is 5.11. The number of benzene rings is 2. The molecule has 0 fully saturated rings. The molecule has 0 saturated carbocycles. The fraction of sp³-hybridized carbons (Fsp3) is 0.0667. The first kappa shape index (κ1) is 16.0. The lowest BCUT2D eigenvalue weighted by molar-refractivity contribution is 0.0846. The first-order valence-electron chi connectivity index (χ1n) is 6.21. The molecule has 0 aliphatic carbocycles. The predicted molar refractivity (Wildman–Crippen MR) is 82.0 cm³/mol. The van der Waals surface area contributed by atoms with Gasteiger partial charge in [-0.1, -0.05) is 0 Å². The molecule has 0 unspecified atom stereocenters. The number of amides is 2. The van der Waals surface area contributed by atoms with Gasteiger partial charge in [0, 0.05) is 10.0 Å². The lowest BCUT2D eigenvalue weighted by Gasteiger charge is -2.10. The van der Waals surface area contributed by atoms with Gasteiger partial charge in [0.1, 0.15) is 11.6 Å². The van der Waals surface area contributed by atoms with Crippen molar-refractivity contribution in [3.05, 3.63) is 63.9 Å². The number of carbonyl (C=O) groups is 2. The highest BCUT2D eigenvalue weighted by Gasteiger charge is 2.13. The lowest BCUT2D eigenvalue weighted by atomic mass is 10.2. The van der Waals surface area contributed by atoms with Crippen molar-refractivity contribution >= 4 is 27.7 Å². The molecule has 2 N–H and O–H groups in total. The molecule has 2 aromatic carbocycles. The zero-order chi connectivity index (χ0) is 16.1. The van der Waals surface area contributed by atoms with Gasteiger partial charge < -0.3 is 4.74 Å². The second-order valence-electron chi connectivity index (χ2n) is 4.26. The third kappa shape index (κ3) is 3.82. The minimum Gasteiger partial charge on any atom is -0.497 e. The van der Waals surface area contributed by atoms with Gasteiger partial charge in [-0.3, -0.25) is 20.4 Å². The molecule has 0 radical (unpaired) electrons. The predicted octanol–water partition coefficient (Wildman–Crippen LogP) is 2.67. The van der Waals surface area contributed by atoms with Gasteiger partial charge in [0.25, 0.3) is 11.8 Å². The summed E-state index contributed by atoms with van der Waals surface area (Å²) in [6.45, 7) is 0. The Morgan fingerprint density at radius 3 is 2.32 bits per heavy atom. The standard InChI is InChI=1S/C15H12BrFN2O3/c1-22-11-6-7-13(16)12(8-11)15(21)19-18-14(20)9-2-4-10(17)5-3-9/h2-8H,1H3,(H,18,20)(H,19,21). The summed E-state index contributed by atoms with van der Waals surface area (Å²) in [5.41, 5.74) is 5.08. The molecule has 7 heteroatoms. The van der Waals surface area contributed by atoms with Crippen molar-refractivity contribution in [3.63, 3.8) is 0 Å². The van der Waals surface area contributed by atoms with Crippen LogP contribution in [0, 0.1) is 5.82 Å². The highest BCUT2D eigenvalue weighted by atomic mass is 79.9. The first-order chi connectivity index (χ1) is 10.5. The van der Waals surface area contributed by atoms with Gasteiger partial charge in [0.05, 0.1) is 12.7 Å². The number of carbonyl (C=O) groups excluding carboxylic acids is 2. The van der Waals surface area contributed by atoms with Gasteiger partial charge >= 0.3 is 0 Å². The van der Waals surface area contributed by atoms with Crippen LogP contribution in [0.25, 0.3) is 0 Å². The van der Waals surface area contributed by atoms with E-state index in [9.17, 15) is 14.0 Å². The van der Waals surface area contributed by atoms with E-state index in [1.165, 1.54) is 25.3 Å². The van der Waals surface area contributed by atoms with Crippen LogP contribution in [0.2, 0.25) is 0 Å². The minimum absolute atomic E-state index is 0.228. The summed E-state index contributed by atoms with van der Waals surface area (Å²) in [5, 5.41) is 0. The van der Waals surface area contributed by atoms with Gasteiger partial charge in [-0.25, -0.2) is 4.39 Å². The van der Waals surface area contributed by atoms with Crippen molar-refractivity contribution in [1.82, 2.24) is 10.9 Å². The monoisotopic (exact) mass is 366 g/mol. The van der Waals surface area contributed by atoms with Gasteiger partial charge in [-0.05, 0) is 58.4 Å². The van der Waals surface area contributed by atoms with E-state index in [0.29, 0.717) is 15.8 Å². The third-order valence-corrected chi connectivity index (χ3v) is 3.51. The number of nitrogens with one attached hydrogen (secondary N) is 2. The van der Waals surface area contributed by atoms with Crippen molar-refractivity contribution in [2.45, 2.75) is 0 Å². The Morgan fingerprint density at radius 2 is 1.68 bits per heavy atom. The van der Waals surface area contributed by atoms with Crippen molar-refractivity contribution in [2.24, 2.45) is 0 Å². The Hall–Kier alpha value is -2.41. The van der Waals surface area contributed by atoms with Crippen LogP contribution < -0.4 is 15.6 Å². The normalized spacial score (nSPS) is 9.95. The Bertz CT molecular complexity index is 704. The minimum atomic E-state index is -0.549. The number of halogens is 2. The number of methoxy groups -OCH3 is 1. The number of hydrogen-bond donors (Lipinski definition) is 2. The van der Waals surface area contributed by atoms with Crippen molar-refractivity contribution in [3.8, 4) is 5.75 Å². The highest BCUT2D eigenvalue weighted by molar-refractivity contribution is 9.10. The summed E-state index contributed by atoms with van der Waals surface area (Å²) in [7, 11) is 1.49. The van der Waals surface area contributed by atoms with Crippen molar-refractivity contribution in [2.75, 3.05) is 7.11 Å². The molecule has 114 valence electrons. The van der Waals surface area contributed by atoms with Crippen molar-refractivity contribution in [1.29, 1.82) is 0 Å². The summed E-state index contributed by atoms with van der Waals surface area (Å²) >= 11 is 3.25. The SMILES string of the molecule is COc1ccc(Br)c(C(=O)NNC(=O)c2ccc(F)cc2)c1. The van der Waals surface area contributed by atoms with Gasteiger partial charge in [-0.2, -0.15) is 0 Å². The smallest absolute Gasteiger partial charge is 0.270 e. The molecular weight excluding hydrogens is 355 g/mol. The molecule has 0 aliphatic heterocycles. The fourth-order valence-electron chi connectivity index (χ4n) is 1.66. The molecule has 2 aromatic rings. The van der Waals surface area contributed by atoms with Crippen LogP contribution in [0.1, 0.15) is 20.7 Å². The quantitative estimate of drug-likeness (QED) is 0.820. The lowest BCUT2D eigenvalue weighted by Crippen LogP contribution is -2.41. The molecule has 2 amide bonds. The Labute approximate surface area is 134 Å². The Morgan fingerprint density at radius 1 is 1.05 bits per heavy atom. The maximum atomic E-state index is 12.8. The number of hydrogen-bond acceptors (Lipinski definition) is 3. The first-order valence-corrected chi connectivity index (χ1v) is 7.00. The average molecular weight is 367 g/mol. The molecule has 0 aliphatic rings. The molecule has 0 aromatic heterocycles. The van der Waals surface area contributed by atoms with Crippen LogP contribution in [0.3, 0.4) is 0 Å². The van der Waals surface area contributed by atoms with Crippen LogP contribution in [-0.4, -0.2) is 18.9 Å². The van der Waals surface area contributed by atoms with E-state index in [-0.39, 0.29) is 5.56 Å². The molecule has 22 heavy (non-hydrogen) atoms. The van der Waals surface area contributed by atoms with E-state index in [4.69, 9.17) is 4.74 Å².